The molecule has 0 N–H and O–H groups in total. The largest absolute Gasteiger partial charge is 0.298 e. The molecule has 0 amide bonds. The van der Waals surface area contributed by atoms with Crippen LogP contribution >= 0.6 is 0 Å². The minimum atomic E-state index is 0.376. The SMILES string of the molecule is C=C(CC)C(C)c1ccc(C=O)cc1. The molecule has 0 spiro atoms. The molecule has 0 saturated carbocycles. The van der Waals surface area contributed by atoms with Gasteiger partial charge < -0.3 is 0 Å². The van der Waals surface area contributed by atoms with Gasteiger partial charge in [0, 0.05) is 11.5 Å². The molecule has 1 nitrogen and oxygen atoms in total. The highest BCUT2D eigenvalue weighted by Gasteiger charge is 2.07. The molecule has 0 heterocycles. The summed E-state index contributed by atoms with van der Waals surface area (Å²) < 4.78 is 0. The van der Waals surface area contributed by atoms with Crippen molar-refractivity contribution in [2.24, 2.45) is 0 Å². The van der Waals surface area contributed by atoms with Crippen molar-refractivity contribution in [2.45, 2.75) is 26.2 Å². The lowest BCUT2D eigenvalue weighted by atomic mass is 9.92. The van der Waals surface area contributed by atoms with Gasteiger partial charge >= 0.3 is 0 Å². The predicted octanol–water partition coefficient (Wildman–Crippen LogP) is 3.57. The van der Waals surface area contributed by atoms with Crippen molar-refractivity contribution in [3.05, 3.63) is 47.5 Å². The second kappa shape index (κ2) is 4.75. The number of hydrogen-bond donors (Lipinski definition) is 0. The third-order valence-corrected chi connectivity index (χ3v) is 2.64. The number of aldehydes is 1. The first kappa shape index (κ1) is 10.7. The van der Waals surface area contributed by atoms with Crippen LogP contribution in [0.2, 0.25) is 0 Å². The molecule has 1 heteroatoms. The Kier molecular flexibility index (Phi) is 3.63. The van der Waals surface area contributed by atoms with E-state index in [4.69, 9.17) is 0 Å². The molecule has 0 bridgehead atoms. The highest BCUT2D eigenvalue weighted by atomic mass is 16.1. The summed E-state index contributed by atoms with van der Waals surface area (Å²) in [5.74, 6) is 0.376. The average molecular weight is 188 g/mol. The summed E-state index contributed by atoms with van der Waals surface area (Å²) in [5.41, 5.74) is 3.18. The molecule has 1 aromatic rings. The van der Waals surface area contributed by atoms with Crippen LogP contribution < -0.4 is 0 Å². The van der Waals surface area contributed by atoms with Gasteiger partial charge in [0.25, 0.3) is 0 Å². The van der Waals surface area contributed by atoms with Crippen LogP contribution in [0.25, 0.3) is 0 Å². The third-order valence-electron chi connectivity index (χ3n) is 2.64. The first-order valence-corrected chi connectivity index (χ1v) is 4.91. The van der Waals surface area contributed by atoms with Gasteiger partial charge in [0.05, 0.1) is 0 Å². The third kappa shape index (κ3) is 2.32. The Labute approximate surface area is 85.5 Å². The predicted molar refractivity (Wildman–Crippen MR) is 59.7 cm³/mol. The van der Waals surface area contributed by atoms with Gasteiger partial charge in [-0.05, 0) is 12.0 Å². The zero-order chi connectivity index (χ0) is 10.6. The molecule has 74 valence electrons. The number of hydrogen-bond acceptors (Lipinski definition) is 1. The minimum absolute atomic E-state index is 0.376. The maximum Gasteiger partial charge on any atom is 0.150 e. The summed E-state index contributed by atoms with van der Waals surface area (Å²) in [5, 5.41) is 0. The first-order chi connectivity index (χ1) is 6.69. The van der Waals surface area contributed by atoms with E-state index in [1.807, 2.05) is 24.3 Å². The Balaban J connectivity index is 2.86. The van der Waals surface area contributed by atoms with Crippen molar-refractivity contribution in [1.82, 2.24) is 0 Å². The lowest BCUT2D eigenvalue weighted by molar-refractivity contribution is 0.112. The van der Waals surface area contributed by atoms with Crippen LogP contribution in [0.4, 0.5) is 0 Å². The van der Waals surface area contributed by atoms with Crippen molar-refractivity contribution < 1.29 is 4.79 Å². The van der Waals surface area contributed by atoms with Crippen molar-refractivity contribution in [3.63, 3.8) is 0 Å². The molecule has 0 radical (unpaired) electrons. The Morgan fingerprint density at radius 1 is 1.43 bits per heavy atom. The number of benzene rings is 1. The van der Waals surface area contributed by atoms with Crippen LogP contribution in [0.3, 0.4) is 0 Å². The van der Waals surface area contributed by atoms with Crippen LogP contribution in [0, 0.1) is 0 Å². The normalized spacial score (nSPS) is 12.1. The van der Waals surface area contributed by atoms with E-state index >= 15 is 0 Å². The fraction of sp³-hybridized carbons (Fsp3) is 0.308. The number of allylic oxidation sites excluding steroid dienone is 1. The van der Waals surface area contributed by atoms with E-state index in [9.17, 15) is 4.79 Å². The second-order valence-electron chi connectivity index (χ2n) is 3.52. The fourth-order valence-corrected chi connectivity index (χ4v) is 1.41. The van der Waals surface area contributed by atoms with E-state index in [0.717, 1.165) is 18.3 Å². The lowest BCUT2D eigenvalue weighted by Crippen LogP contribution is -1.96. The van der Waals surface area contributed by atoms with Crippen LogP contribution in [0.1, 0.15) is 42.1 Å². The van der Waals surface area contributed by atoms with Crippen LogP contribution in [-0.2, 0) is 0 Å². The smallest absolute Gasteiger partial charge is 0.150 e. The zero-order valence-electron chi connectivity index (χ0n) is 8.79. The van der Waals surface area contributed by atoms with Gasteiger partial charge in [-0.15, -0.1) is 0 Å². The summed E-state index contributed by atoms with van der Waals surface area (Å²) >= 11 is 0. The Morgan fingerprint density at radius 2 is 2.00 bits per heavy atom. The minimum Gasteiger partial charge on any atom is -0.298 e. The van der Waals surface area contributed by atoms with Gasteiger partial charge in [-0.25, -0.2) is 0 Å². The van der Waals surface area contributed by atoms with Gasteiger partial charge in [0.2, 0.25) is 0 Å². The van der Waals surface area contributed by atoms with Gasteiger partial charge in [-0.2, -0.15) is 0 Å². The highest BCUT2D eigenvalue weighted by Crippen LogP contribution is 2.24. The summed E-state index contributed by atoms with van der Waals surface area (Å²) in [6.45, 7) is 8.27. The van der Waals surface area contributed by atoms with Crippen LogP contribution in [-0.4, -0.2) is 6.29 Å². The molecule has 0 fully saturated rings. The van der Waals surface area contributed by atoms with Crippen molar-refractivity contribution >= 4 is 6.29 Å². The molecule has 0 aliphatic rings. The Bertz CT molecular complexity index is 322. The monoisotopic (exact) mass is 188 g/mol. The molecule has 1 atom stereocenters. The van der Waals surface area contributed by atoms with E-state index in [-0.39, 0.29) is 0 Å². The van der Waals surface area contributed by atoms with Gasteiger partial charge in [0.1, 0.15) is 6.29 Å². The van der Waals surface area contributed by atoms with Crippen molar-refractivity contribution in [3.8, 4) is 0 Å². The van der Waals surface area contributed by atoms with Gasteiger partial charge in [0.15, 0.2) is 0 Å². The van der Waals surface area contributed by atoms with E-state index < -0.39 is 0 Å². The van der Waals surface area contributed by atoms with Gasteiger partial charge in [-0.3, -0.25) is 4.79 Å². The highest BCUT2D eigenvalue weighted by molar-refractivity contribution is 5.74. The molecule has 14 heavy (non-hydrogen) atoms. The molecule has 0 saturated heterocycles. The van der Waals surface area contributed by atoms with Crippen molar-refractivity contribution in [2.75, 3.05) is 0 Å². The molecule has 1 rings (SSSR count). The number of rotatable bonds is 4. The first-order valence-electron chi connectivity index (χ1n) is 4.91. The Hall–Kier alpha value is -1.37. The number of carbonyl (C=O) groups excluding carboxylic acids is 1. The summed E-state index contributed by atoms with van der Waals surface area (Å²) in [7, 11) is 0. The standard InChI is InChI=1S/C13H16O/c1-4-10(2)11(3)13-7-5-12(9-14)6-8-13/h5-9,11H,2,4H2,1,3H3. The lowest BCUT2D eigenvalue weighted by Gasteiger charge is -2.13. The fourth-order valence-electron chi connectivity index (χ4n) is 1.41. The molecule has 1 aromatic carbocycles. The van der Waals surface area contributed by atoms with E-state index in [1.54, 1.807) is 0 Å². The molecular weight excluding hydrogens is 172 g/mol. The zero-order valence-corrected chi connectivity index (χ0v) is 8.79. The molecule has 0 aliphatic carbocycles. The van der Waals surface area contributed by atoms with Crippen molar-refractivity contribution in [1.29, 1.82) is 0 Å². The summed E-state index contributed by atoms with van der Waals surface area (Å²) in [6.07, 6.45) is 1.86. The topological polar surface area (TPSA) is 17.1 Å². The van der Waals surface area contributed by atoms with E-state index in [1.165, 1.54) is 11.1 Å². The summed E-state index contributed by atoms with van der Waals surface area (Å²) in [6, 6.07) is 7.69. The quantitative estimate of drug-likeness (QED) is 0.521. The second-order valence-corrected chi connectivity index (χ2v) is 3.52. The average Bonchev–Trinajstić information content (AvgIpc) is 2.27. The van der Waals surface area contributed by atoms with Gasteiger partial charge in [-0.1, -0.05) is 50.3 Å². The Morgan fingerprint density at radius 3 is 2.43 bits per heavy atom. The summed E-state index contributed by atoms with van der Waals surface area (Å²) in [4.78, 5) is 10.5. The maximum atomic E-state index is 10.5. The maximum absolute atomic E-state index is 10.5. The molecule has 0 aliphatic heterocycles. The number of carbonyl (C=O) groups is 1. The van der Waals surface area contributed by atoms with E-state index in [0.29, 0.717) is 5.92 Å². The van der Waals surface area contributed by atoms with Crippen LogP contribution in [0.5, 0.6) is 0 Å². The molecule has 1 unspecified atom stereocenters. The van der Waals surface area contributed by atoms with Crippen LogP contribution in [0.15, 0.2) is 36.4 Å². The molecule has 0 aromatic heterocycles. The van der Waals surface area contributed by atoms with E-state index in [2.05, 4.69) is 20.4 Å². The molecular formula is C13H16O.